The fraction of sp³-hybridized carbons (Fsp3) is 0.0667. The van der Waals surface area contributed by atoms with Crippen molar-refractivity contribution in [2.45, 2.75) is 6.92 Å². The Hall–Kier alpha value is -2.74. The van der Waals surface area contributed by atoms with Gasteiger partial charge >= 0.3 is 0 Å². The van der Waals surface area contributed by atoms with E-state index in [4.69, 9.17) is 5.73 Å². The smallest absolute Gasteiger partial charge is 0.138 e. The van der Waals surface area contributed by atoms with Crippen molar-refractivity contribution in [3.8, 4) is 6.07 Å². The van der Waals surface area contributed by atoms with Gasteiger partial charge in [0.15, 0.2) is 0 Å². The van der Waals surface area contributed by atoms with E-state index in [0.29, 0.717) is 5.56 Å². The molecule has 1 aromatic carbocycles. The fourth-order valence-electron chi connectivity index (χ4n) is 1.82. The van der Waals surface area contributed by atoms with Crippen LogP contribution in [0.15, 0.2) is 36.7 Å². The van der Waals surface area contributed by atoms with Crippen LogP contribution in [0.3, 0.4) is 0 Å². The highest BCUT2D eigenvalue weighted by molar-refractivity contribution is 5.96. The summed E-state index contributed by atoms with van der Waals surface area (Å²) in [6.45, 7) is 1.50. The zero-order chi connectivity index (χ0) is 14.7. The molecular weight excluding hydrogens is 260 g/mol. The van der Waals surface area contributed by atoms with E-state index in [9.17, 15) is 14.0 Å². The lowest BCUT2D eigenvalue weighted by atomic mass is 10.00. The number of halogens is 2. The molecule has 0 radical (unpaired) electrons. The maximum absolute atomic E-state index is 14.0. The lowest BCUT2D eigenvalue weighted by Crippen LogP contribution is -2.07. The number of benzene rings is 1. The van der Waals surface area contributed by atoms with E-state index in [2.05, 4.69) is 4.98 Å². The van der Waals surface area contributed by atoms with Gasteiger partial charge in [0.2, 0.25) is 0 Å². The van der Waals surface area contributed by atoms with Gasteiger partial charge < -0.3 is 5.73 Å². The number of nitriles is 1. The maximum atomic E-state index is 14.0. The molecule has 2 rings (SSSR count). The Morgan fingerprint density at radius 3 is 2.65 bits per heavy atom. The third-order valence-electron chi connectivity index (χ3n) is 2.88. The summed E-state index contributed by atoms with van der Waals surface area (Å²) in [6, 6.07) is 7.53. The average Bonchev–Trinajstić information content (AvgIpc) is 2.45. The third kappa shape index (κ3) is 2.36. The Labute approximate surface area is 115 Å². The molecule has 0 fully saturated rings. The van der Waals surface area contributed by atoms with Crippen LogP contribution in [-0.4, -0.2) is 4.98 Å². The molecule has 0 bridgehead atoms. The van der Waals surface area contributed by atoms with Gasteiger partial charge in [0.1, 0.15) is 17.7 Å². The zero-order valence-corrected chi connectivity index (χ0v) is 10.7. The van der Waals surface area contributed by atoms with Gasteiger partial charge in [-0.25, -0.2) is 8.78 Å². The van der Waals surface area contributed by atoms with Crippen molar-refractivity contribution >= 4 is 11.3 Å². The van der Waals surface area contributed by atoms with Crippen LogP contribution >= 0.6 is 0 Å². The number of pyridine rings is 1. The molecule has 2 N–H and O–H groups in total. The van der Waals surface area contributed by atoms with Gasteiger partial charge in [-0.05, 0) is 24.6 Å². The average molecular weight is 271 g/mol. The molecular formula is C15H11F2N3. The van der Waals surface area contributed by atoms with Crippen molar-refractivity contribution in [2.75, 3.05) is 0 Å². The minimum absolute atomic E-state index is 0.0125. The van der Waals surface area contributed by atoms with Crippen molar-refractivity contribution in [1.82, 2.24) is 4.98 Å². The van der Waals surface area contributed by atoms with Crippen LogP contribution in [0, 0.1) is 29.9 Å². The van der Waals surface area contributed by atoms with Gasteiger partial charge in [-0.2, -0.15) is 5.26 Å². The number of aryl methyl sites for hydroxylation is 1. The Bertz CT molecular complexity index is 716. The SMILES string of the molecule is Cc1ccc(F)c(/C(N)=C(/C#N)c2cccnc2)c1F. The summed E-state index contributed by atoms with van der Waals surface area (Å²) in [5.74, 6) is -1.57. The van der Waals surface area contributed by atoms with Crippen LogP contribution in [0.4, 0.5) is 8.78 Å². The lowest BCUT2D eigenvalue weighted by molar-refractivity contribution is 0.571. The number of nitrogens with zero attached hydrogens (tertiary/aromatic N) is 2. The molecule has 0 aliphatic carbocycles. The van der Waals surface area contributed by atoms with Crippen molar-refractivity contribution in [1.29, 1.82) is 5.26 Å². The molecule has 0 amide bonds. The van der Waals surface area contributed by atoms with E-state index in [1.165, 1.54) is 25.4 Å². The van der Waals surface area contributed by atoms with Crippen LogP contribution in [0.1, 0.15) is 16.7 Å². The summed E-state index contributed by atoms with van der Waals surface area (Å²) in [7, 11) is 0. The van der Waals surface area contributed by atoms with E-state index in [-0.39, 0.29) is 22.4 Å². The number of hydrogen-bond donors (Lipinski definition) is 1. The summed E-state index contributed by atoms with van der Waals surface area (Å²) in [5, 5.41) is 9.20. The van der Waals surface area contributed by atoms with Gasteiger partial charge in [0.05, 0.1) is 16.8 Å². The minimum Gasteiger partial charge on any atom is -0.397 e. The molecule has 0 spiro atoms. The van der Waals surface area contributed by atoms with Gasteiger partial charge in [0, 0.05) is 18.0 Å². The summed E-state index contributed by atoms with van der Waals surface area (Å²) in [4.78, 5) is 3.86. The van der Waals surface area contributed by atoms with E-state index in [0.717, 1.165) is 6.07 Å². The van der Waals surface area contributed by atoms with Gasteiger partial charge in [-0.1, -0.05) is 12.1 Å². The van der Waals surface area contributed by atoms with E-state index in [1.807, 2.05) is 6.07 Å². The first kappa shape index (κ1) is 13.7. The van der Waals surface area contributed by atoms with E-state index in [1.54, 1.807) is 12.1 Å². The summed E-state index contributed by atoms with van der Waals surface area (Å²) in [5.41, 5.74) is 5.84. The normalized spacial score (nSPS) is 11.7. The highest BCUT2D eigenvalue weighted by Crippen LogP contribution is 2.27. The lowest BCUT2D eigenvalue weighted by Gasteiger charge is -2.10. The number of allylic oxidation sites excluding steroid dienone is 1. The first-order valence-corrected chi connectivity index (χ1v) is 5.81. The second-order valence-corrected chi connectivity index (χ2v) is 4.20. The number of hydrogen-bond acceptors (Lipinski definition) is 3. The van der Waals surface area contributed by atoms with Gasteiger partial charge in [-0.3, -0.25) is 4.98 Å². The second kappa shape index (κ2) is 5.49. The molecule has 20 heavy (non-hydrogen) atoms. The van der Waals surface area contributed by atoms with Crippen molar-refractivity contribution < 1.29 is 8.78 Å². The molecule has 0 saturated heterocycles. The summed E-state index contributed by atoms with van der Waals surface area (Å²) >= 11 is 0. The van der Waals surface area contributed by atoms with E-state index < -0.39 is 11.6 Å². The Kier molecular flexibility index (Phi) is 3.76. The molecule has 0 atom stereocenters. The first-order valence-electron chi connectivity index (χ1n) is 5.81. The number of rotatable bonds is 2. The molecule has 0 saturated carbocycles. The molecule has 0 aliphatic rings. The second-order valence-electron chi connectivity index (χ2n) is 4.20. The van der Waals surface area contributed by atoms with Crippen LogP contribution in [0.2, 0.25) is 0 Å². The van der Waals surface area contributed by atoms with Gasteiger partial charge in [-0.15, -0.1) is 0 Å². The maximum Gasteiger partial charge on any atom is 0.138 e. The van der Waals surface area contributed by atoms with Gasteiger partial charge in [0.25, 0.3) is 0 Å². The summed E-state index contributed by atoms with van der Waals surface area (Å²) < 4.78 is 27.9. The number of aromatic nitrogens is 1. The molecule has 3 nitrogen and oxygen atoms in total. The zero-order valence-electron chi connectivity index (χ0n) is 10.7. The van der Waals surface area contributed by atoms with Crippen molar-refractivity contribution in [3.05, 3.63) is 65.0 Å². The molecule has 0 aliphatic heterocycles. The quantitative estimate of drug-likeness (QED) is 0.854. The molecule has 2 aromatic rings. The Morgan fingerprint density at radius 2 is 2.05 bits per heavy atom. The topological polar surface area (TPSA) is 62.7 Å². The van der Waals surface area contributed by atoms with Crippen LogP contribution in [0.5, 0.6) is 0 Å². The van der Waals surface area contributed by atoms with E-state index >= 15 is 0 Å². The molecule has 1 aromatic heterocycles. The highest BCUT2D eigenvalue weighted by atomic mass is 19.1. The highest BCUT2D eigenvalue weighted by Gasteiger charge is 2.18. The summed E-state index contributed by atoms with van der Waals surface area (Å²) in [6.07, 6.45) is 2.94. The van der Waals surface area contributed by atoms with Crippen LogP contribution < -0.4 is 5.73 Å². The standard InChI is InChI=1S/C15H11F2N3/c1-9-4-5-12(16)13(14(9)17)15(19)11(7-18)10-3-2-6-20-8-10/h2-6,8H,19H2,1H3/b15-11+. The minimum atomic E-state index is -0.803. The molecule has 5 heteroatoms. The van der Waals surface area contributed by atoms with Crippen molar-refractivity contribution in [3.63, 3.8) is 0 Å². The third-order valence-corrected chi connectivity index (χ3v) is 2.88. The molecule has 100 valence electrons. The first-order chi connectivity index (χ1) is 9.56. The molecule has 1 heterocycles. The fourth-order valence-corrected chi connectivity index (χ4v) is 1.82. The Morgan fingerprint density at radius 1 is 1.30 bits per heavy atom. The monoisotopic (exact) mass is 271 g/mol. The predicted octanol–water partition coefficient (Wildman–Crippen LogP) is 3.02. The molecule has 0 unspecified atom stereocenters. The van der Waals surface area contributed by atoms with Crippen LogP contribution in [-0.2, 0) is 0 Å². The largest absolute Gasteiger partial charge is 0.397 e. The Balaban J connectivity index is 2.71. The van der Waals surface area contributed by atoms with Crippen molar-refractivity contribution in [2.24, 2.45) is 5.73 Å². The number of nitrogens with two attached hydrogens (primary N) is 1. The van der Waals surface area contributed by atoms with Crippen LogP contribution in [0.25, 0.3) is 11.3 Å². The predicted molar refractivity (Wildman–Crippen MR) is 71.9 cm³/mol.